The molecule has 2 rings (SSSR count). The minimum absolute atomic E-state index is 0.0204. The van der Waals surface area contributed by atoms with Crippen LogP contribution in [0.2, 0.25) is 0 Å². The SMILES string of the molecule is CC(c1ccc([N+](=O)[O-])cc1)c1nc[nH]n1. The summed E-state index contributed by atoms with van der Waals surface area (Å²) in [6.07, 6.45) is 1.51. The van der Waals surface area contributed by atoms with Gasteiger partial charge in [-0.05, 0) is 5.56 Å². The quantitative estimate of drug-likeness (QED) is 0.629. The fourth-order valence-corrected chi connectivity index (χ4v) is 1.46. The number of benzene rings is 1. The number of nitro groups is 1. The summed E-state index contributed by atoms with van der Waals surface area (Å²) in [7, 11) is 0. The van der Waals surface area contributed by atoms with E-state index >= 15 is 0 Å². The fraction of sp³-hybridized carbons (Fsp3) is 0.200. The number of nitrogens with one attached hydrogen (secondary N) is 1. The van der Waals surface area contributed by atoms with Crippen molar-refractivity contribution >= 4 is 5.69 Å². The zero-order valence-corrected chi connectivity index (χ0v) is 8.62. The van der Waals surface area contributed by atoms with Crippen molar-refractivity contribution < 1.29 is 4.92 Å². The van der Waals surface area contributed by atoms with E-state index in [0.29, 0.717) is 5.82 Å². The Morgan fingerprint density at radius 1 is 1.38 bits per heavy atom. The molecule has 0 saturated carbocycles. The van der Waals surface area contributed by atoms with Gasteiger partial charge >= 0.3 is 0 Å². The first-order valence-corrected chi connectivity index (χ1v) is 4.78. The third-order valence-corrected chi connectivity index (χ3v) is 2.42. The summed E-state index contributed by atoms with van der Waals surface area (Å²) >= 11 is 0. The van der Waals surface area contributed by atoms with E-state index in [9.17, 15) is 10.1 Å². The standard InChI is InChI=1S/C10H10N4O2/c1-7(10-11-6-12-13-10)8-2-4-9(5-3-8)14(15)16/h2-7H,1H3,(H,11,12,13). The molecule has 1 unspecified atom stereocenters. The van der Waals surface area contributed by atoms with Crippen LogP contribution in [0.25, 0.3) is 0 Å². The van der Waals surface area contributed by atoms with E-state index in [0.717, 1.165) is 5.56 Å². The first kappa shape index (κ1) is 10.3. The van der Waals surface area contributed by atoms with Gasteiger partial charge in [0.1, 0.15) is 6.33 Å². The van der Waals surface area contributed by atoms with Crippen LogP contribution >= 0.6 is 0 Å². The van der Waals surface area contributed by atoms with E-state index in [1.807, 2.05) is 6.92 Å². The van der Waals surface area contributed by atoms with E-state index in [-0.39, 0.29) is 11.6 Å². The highest BCUT2D eigenvalue weighted by Crippen LogP contribution is 2.22. The molecule has 0 fully saturated rings. The Hall–Kier alpha value is -2.24. The molecule has 0 aliphatic heterocycles. The van der Waals surface area contributed by atoms with Crippen LogP contribution in [0, 0.1) is 10.1 Å². The van der Waals surface area contributed by atoms with Crippen LogP contribution in [0.1, 0.15) is 24.2 Å². The van der Waals surface area contributed by atoms with Crippen molar-refractivity contribution in [2.45, 2.75) is 12.8 Å². The predicted molar refractivity (Wildman–Crippen MR) is 57.0 cm³/mol. The molecule has 2 aromatic rings. The average Bonchev–Trinajstić information content (AvgIpc) is 2.81. The van der Waals surface area contributed by atoms with E-state index in [4.69, 9.17) is 0 Å². The lowest BCUT2D eigenvalue weighted by Crippen LogP contribution is -1.99. The molecule has 82 valence electrons. The van der Waals surface area contributed by atoms with Crippen molar-refractivity contribution in [1.82, 2.24) is 15.2 Å². The van der Waals surface area contributed by atoms with E-state index in [1.165, 1.54) is 18.5 Å². The van der Waals surface area contributed by atoms with Crippen molar-refractivity contribution in [3.8, 4) is 0 Å². The molecule has 0 radical (unpaired) electrons. The van der Waals surface area contributed by atoms with Crippen LogP contribution in [0.3, 0.4) is 0 Å². The lowest BCUT2D eigenvalue weighted by atomic mass is 10.0. The summed E-state index contributed by atoms with van der Waals surface area (Å²) in [6.45, 7) is 1.95. The number of hydrogen-bond acceptors (Lipinski definition) is 4. The van der Waals surface area contributed by atoms with Crippen LogP contribution in [0.15, 0.2) is 30.6 Å². The van der Waals surface area contributed by atoms with Gasteiger partial charge in [0.15, 0.2) is 5.82 Å². The Morgan fingerprint density at radius 3 is 2.56 bits per heavy atom. The Morgan fingerprint density at radius 2 is 2.06 bits per heavy atom. The molecule has 1 heterocycles. The smallest absolute Gasteiger partial charge is 0.266 e. The van der Waals surface area contributed by atoms with Gasteiger partial charge in [0.2, 0.25) is 0 Å². The van der Waals surface area contributed by atoms with Gasteiger partial charge in [-0.25, -0.2) is 4.98 Å². The van der Waals surface area contributed by atoms with Crippen LogP contribution in [0.5, 0.6) is 0 Å². The molecule has 1 N–H and O–H groups in total. The Kier molecular flexibility index (Phi) is 2.63. The summed E-state index contributed by atoms with van der Waals surface area (Å²) in [5, 5.41) is 17.1. The van der Waals surface area contributed by atoms with Crippen molar-refractivity contribution in [2.24, 2.45) is 0 Å². The number of H-pyrrole nitrogens is 1. The van der Waals surface area contributed by atoms with Crippen LogP contribution in [-0.4, -0.2) is 20.1 Å². The fourth-order valence-electron chi connectivity index (χ4n) is 1.46. The maximum atomic E-state index is 10.5. The van der Waals surface area contributed by atoms with Gasteiger partial charge < -0.3 is 0 Å². The molecule has 0 bridgehead atoms. The van der Waals surface area contributed by atoms with Gasteiger partial charge in [-0.2, -0.15) is 5.10 Å². The highest BCUT2D eigenvalue weighted by molar-refractivity contribution is 5.35. The number of nitrogens with zero attached hydrogens (tertiary/aromatic N) is 3. The second-order valence-corrected chi connectivity index (χ2v) is 3.43. The molecule has 6 heteroatoms. The molecule has 1 aromatic carbocycles. The largest absolute Gasteiger partial charge is 0.269 e. The number of aromatic amines is 1. The second-order valence-electron chi connectivity index (χ2n) is 3.43. The maximum absolute atomic E-state index is 10.5. The predicted octanol–water partition coefficient (Wildman–Crippen LogP) is 1.86. The van der Waals surface area contributed by atoms with Crippen molar-refractivity contribution in [2.75, 3.05) is 0 Å². The van der Waals surface area contributed by atoms with E-state index in [2.05, 4.69) is 15.2 Å². The zero-order valence-electron chi connectivity index (χ0n) is 8.62. The highest BCUT2D eigenvalue weighted by atomic mass is 16.6. The average molecular weight is 218 g/mol. The Labute approximate surface area is 91.5 Å². The first-order valence-electron chi connectivity index (χ1n) is 4.78. The topological polar surface area (TPSA) is 84.7 Å². The summed E-state index contributed by atoms with van der Waals surface area (Å²) in [6, 6.07) is 6.41. The maximum Gasteiger partial charge on any atom is 0.269 e. The summed E-state index contributed by atoms with van der Waals surface area (Å²) in [5.41, 5.74) is 1.04. The molecule has 0 saturated heterocycles. The van der Waals surface area contributed by atoms with Gasteiger partial charge in [0.05, 0.1) is 4.92 Å². The Bertz CT molecular complexity index is 478. The summed E-state index contributed by atoms with van der Waals surface area (Å²) < 4.78 is 0. The van der Waals surface area contributed by atoms with Gasteiger partial charge in [0, 0.05) is 18.1 Å². The van der Waals surface area contributed by atoms with Gasteiger partial charge in [0.25, 0.3) is 5.69 Å². The number of nitro benzene ring substituents is 1. The lowest BCUT2D eigenvalue weighted by Gasteiger charge is -2.06. The zero-order chi connectivity index (χ0) is 11.5. The van der Waals surface area contributed by atoms with Gasteiger partial charge in [-0.15, -0.1) is 0 Å². The monoisotopic (exact) mass is 218 g/mol. The molecule has 1 aromatic heterocycles. The van der Waals surface area contributed by atoms with Crippen LogP contribution < -0.4 is 0 Å². The third kappa shape index (κ3) is 1.90. The van der Waals surface area contributed by atoms with E-state index in [1.54, 1.807) is 12.1 Å². The molecule has 6 nitrogen and oxygen atoms in total. The summed E-state index contributed by atoms with van der Waals surface area (Å²) in [5.74, 6) is 0.695. The lowest BCUT2D eigenvalue weighted by molar-refractivity contribution is -0.384. The number of non-ortho nitro benzene ring substituents is 1. The molecule has 0 spiro atoms. The normalized spacial score (nSPS) is 12.3. The van der Waals surface area contributed by atoms with Gasteiger partial charge in [-0.1, -0.05) is 19.1 Å². The minimum atomic E-state index is -0.415. The Balaban J connectivity index is 2.25. The highest BCUT2D eigenvalue weighted by Gasteiger charge is 2.13. The van der Waals surface area contributed by atoms with Crippen LogP contribution in [-0.2, 0) is 0 Å². The molecule has 0 amide bonds. The van der Waals surface area contributed by atoms with Crippen molar-refractivity contribution in [1.29, 1.82) is 0 Å². The second kappa shape index (κ2) is 4.09. The van der Waals surface area contributed by atoms with Gasteiger partial charge in [-0.3, -0.25) is 15.2 Å². The molecular weight excluding hydrogens is 208 g/mol. The molecular formula is C10H10N4O2. The number of rotatable bonds is 3. The molecule has 0 aliphatic carbocycles. The molecule has 0 aliphatic rings. The van der Waals surface area contributed by atoms with E-state index < -0.39 is 4.92 Å². The number of hydrogen-bond donors (Lipinski definition) is 1. The first-order chi connectivity index (χ1) is 7.68. The van der Waals surface area contributed by atoms with Crippen LogP contribution in [0.4, 0.5) is 5.69 Å². The minimum Gasteiger partial charge on any atom is -0.266 e. The summed E-state index contributed by atoms with van der Waals surface area (Å²) in [4.78, 5) is 14.1. The van der Waals surface area contributed by atoms with Crippen molar-refractivity contribution in [3.05, 3.63) is 52.1 Å². The molecule has 16 heavy (non-hydrogen) atoms. The number of aromatic nitrogens is 3. The van der Waals surface area contributed by atoms with Crippen molar-refractivity contribution in [3.63, 3.8) is 0 Å². The molecule has 1 atom stereocenters. The third-order valence-electron chi connectivity index (χ3n) is 2.42.